The van der Waals surface area contributed by atoms with Crippen LogP contribution < -0.4 is 0 Å². The van der Waals surface area contributed by atoms with Gasteiger partial charge in [-0.1, -0.05) is 153 Å². The lowest BCUT2D eigenvalue weighted by atomic mass is 10.0. The molecule has 382 valence electrons. The second-order valence-corrected chi connectivity index (χ2v) is 18.8. The van der Waals surface area contributed by atoms with Gasteiger partial charge in [-0.2, -0.15) is 0 Å². The van der Waals surface area contributed by atoms with Gasteiger partial charge in [0.15, 0.2) is 6.10 Å². The van der Waals surface area contributed by atoms with Crippen LogP contribution in [0.25, 0.3) is 0 Å². The van der Waals surface area contributed by atoms with E-state index in [0.717, 1.165) is 44.9 Å². The normalized spacial score (nSPS) is 16.1. The fraction of sp³-hybridized carbons (Fsp3) is 0.843. The van der Waals surface area contributed by atoms with E-state index >= 15 is 0 Å². The largest absolute Gasteiger partial charge is 0.472 e. The molecule has 0 aliphatic heterocycles. The standard InChI is InChI=1S/C51H95O13P/c1-3-5-7-9-11-13-15-17-18-19-20-21-22-23-24-25-26-28-30-32-34-36-38-40-49(56)63-45(44-62-65(59,60)64-47(42-53)51(58)50(57)46(54)41-52)43-61-48(55)39-37-35-33-31-29-27-16-14-12-10-8-6-4-2/h15,17,29-32,45-47,50-54,57-58H,3-14,16,18-28,33-44H2,1-2H3,(H,59,60)/b17-15-,31-29-,32-30-/t45-,46-,47-,50-,51-/m1/s1/i43D/t43?,45-,46-,47-,50-,51-. The molecular formula is C51H95O13P. The van der Waals surface area contributed by atoms with Gasteiger partial charge >= 0.3 is 19.8 Å². The minimum atomic E-state index is -5.18. The van der Waals surface area contributed by atoms with E-state index in [9.17, 15) is 39.5 Å². The first kappa shape index (κ1) is 61.1. The van der Waals surface area contributed by atoms with Crippen LogP contribution in [-0.2, 0) is 32.7 Å². The van der Waals surface area contributed by atoms with E-state index in [0.29, 0.717) is 19.3 Å². The average Bonchev–Trinajstić information content (AvgIpc) is 3.30. The number of hydrogen-bond acceptors (Lipinski definition) is 12. The summed E-state index contributed by atoms with van der Waals surface area (Å²) in [5, 5.41) is 48.5. The summed E-state index contributed by atoms with van der Waals surface area (Å²) in [6.07, 6.45) is 37.7. The molecule has 0 saturated carbocycles. The number of unbranched alkanes of at least 4 members (excludes halogenated alkanes) is 25. The van der Waals surface area contributed by atoms with Gasteiger partial charge in [0.25, 0.3) is 0 Å². The van der Waals surface area contributed by atoms with E-state index in [-0.39, 0.29) is 12.8 Å². The second kappa shape index (κ2) is 45.8. The van der Waals surface area contributed by atoms with Crippen molar-refractivity contribution in [2.45, 2.75) is 250 Å². The summed E-state index contributed by atoms with van der Waals surface area (Å²) in [5.41, 5.74) is 0. The Morgan fingerprint density at radius 1 is 0.538 bits per heavy atom. The fourth-order valence-corrected chi connectivity index (χ4v) is 8.04. The average molecular weight is 948 g/mol. The van der Waals surface area contributed by atoms with Crippen molar-refractivity contribution >= 4 is 19.8 Å². The van der Waals surface area contributed by atoms with Crippen molar-refractivity contribution in [3.8, 4) is 0 Å². The molecule has 0 aliphatic rings. The quantitative estimate of drug-likeness (QED) is 0.0145. The first-order valence-electron chi connectivity index (χ1n) is 26.2. The summed E-state index contributed by atoms with van der Waals surface area (Å²) in [6.45, 7) is -0.333. The van der Waals surface area contributed by atoms with Gasteiger partial charge in [-0.3, -0.25) is 18.6 Å². The van der Waals surface area contributed by atoms with Crippen molar-refractivity contribution in [1.82, 2.24) is 0 Å². The zero-order valence-electron chi connectivity index (χ0n) is 41.7. The van der Waals surface area contributed by atoms with Crippen molar-refractivity contribution in [2.75, 3.05) is 26.4 Å². The molecule has 14 heteroatoms. The van der Waals surface area contributed by atoms with Crippen LogP contribution >= 0.6 is 7.82 Å². The third-order valence-corrected chi connectivity index (χ3v) is 12.3. The van der Waals surface area contributed by atoms with Crippen LogP contribution in [0.2, 0.25) is 0 Å². The third kappa shape index (κ3) is 40.8. The molecule has 13 nitrogen and oxygen atoms in total. The fourth-order valence-electron chi connectivity index (χ4n) is 7.11. The van der Waals surface area contributed by atoms with Crippen molar-refractivity contribution in [3.63, 3.8) is 0 Å². The number of hydrogen-bond donors (Lipinski definition) is 6. The Balaban J connectivity index is 4.72. The minimum absolute atomic E-state index is 0.00748. The molecule has 7 atom stereocenters. The van der Waals surface area contributed by atoms with Gasteiger partial charge in [0.05, 0.1) is 21.2 Å². The number of aliphatic hydroxyl groups excluding tert-OH is 5. The van der Waals surface area contributed by atoms with E-state index < -0.39 is 76.7 Å². The monoisotopic (exact) mass is 948 g/mol. The lowest BCUT2D eigenvalue weighted by Gasteiger charge is -2.28. The highest BCUT2D eigenvalue weighted by Crippen LogP contribution is 2.45. The smallest absolute Gasteiger partial charge is 0.462 e. The highest BCUT2D eigenvalue weighted by Gasteiger charge is 2.37. The Morgan fingerprint density at radius 3 is 1.29 bits per heavy atom. The number of aliphatic hydroxyl groups is 5. The maximum Gasteiger partial charge on any atom is 0.472 e. The SMILES string of the molecule is [2H]C(OC(=O)CCCC/C=C\CCCCCCCCC)[C@H](COP(=O)(O)O[C@H](CO)[C@@H](O)[C@H](O)[C@H](O)CO)OC(=O)CCCC/C=C\CCCCCCCCCC/C=C\CCCCCCC. The summed E-state index contributed by atoms with van der Waals surface area (Å²) in [7, 11) is -5.18. The Labute approximate surface area is 395 Å². The molecular weight excluding hydrogens is 852 g/mol. The van der Waals surface area contributed by atoms with Gasteiger partial charge in [0, 0.05) is 12.8 Å². The molecule has 0 aromatic carbocycles. The molecule has 0 rings (SSSR count). The van der Waals surface area contributed by atoms with Crippen LogP contribution in [0.15, 0.2) is 36.5 Å². The van der Waals surface area contributed by atoms with Crippen LogP contribution in [0, 0.1) is 0 Å². The summed E-state index contributed by atoms with van der Waals surface area (Å²) in [6, 6.07) is 0. The Morgan fingerprint density at radius 2 is 0.908 bits per heavy atom. The van der Waals surface area contributed by atoms with Crippen LogP contribution in [-0.4, -0.2) is 99.3 Å². The number of rotatable bonds is 48. The van der Waals surface area contributed by atoms with Crippen molar-refractivity contribution in [3.05, 3.63) is 36.5 Å². The van der Waals surface area contributed by atoms with Gasteiger partial charge in [-0.25, -0.2) is 4.57 Å². The number of allylic oxidation sites excluding steroid dienone is 6. The summed E-state index contributed by atoms with van der Waals surface area (Å²) >= 11 is 0. The maximum absolute atomic E-state index is 12.8. The summed E-state index contributed by atoms with van der Waals surface area (Å²) in [5.74, 6) is -1.45. The molecule has 0 aromatic heterocycles. The number of ether oxygens (including phenoxy) is 2. The Kier molecular flexibility index (Phi) is 43.1. The molecule has 0 aromatic rings. The molecule has 0 fully saturated rings. The van der Waals surface area contributed by atoms with E-state index in [2.05, 4.69) is 50.3 Å². The number of phosphoric ester groups is 1. The van der Waals surface area contributed by atoms with Gasteiger partial charge in [-0.15, -0.1) is 0 Å². The first-order chi connectivity index (χ1) is 31.9. The van der Waals surface area contributed by atoms with E-state index in [4.69, 9.17) is 25.0 Å². The van der Waals surface area contributed by atoms with E-state index in [1.54, 1.807) is 0 Å². The third-order valence-electron chi connectivity index (χ3n) is 11.2. The van der Waals surface area contributed by atoms with E-state index in [1.165, 1.54) is 128 Å². The highest BCUT2D eigenvalue weighted by molar-refractivity contribution is 7.47. The number of esters is 2. The zero-order valence-corrected chi connectivity index (χ0v) is 41.6. The Bertz CT molecular complexity index is 1270. The molecule has 65 heavy (non-hydrogen) atoms. The predicted molar refractivity (Wildman–Crippen MR) is 260 cm³/mol. The number of carbonyl (C=O) groups excluding carboxylic acids is 2. The topological polar surface area (TPSA) is 210 Å². The Hall–Kier alpha value is -1.93. The molecule has 0 amide bonds. The van der Waals surface area contributed by atoms with Gasteiger partial charge in [0.2, 0.25) is 0 Å². The molecule has 0 bridgehead atoms. The predicted octanol–water partition coefficient (Wildman–Crippen LogP) is 11.2. The highest BCUT2D eigenvalue weighted by atomic mass is 31.2. The molecule has 0 radical (unpaired) electrons. The van der Waals surface area contributed by atoms with Gasteiger partial charge in [-0.05, 0) is 89.9 Å². The maximum atomic E-state index is 12.8. The lowest BCUT2D eigenvalue weighted by molar-refractivity contribution is -0.161. The molecule has 0 saturated heterocycles. The summed E-state index contributed by atoms with van der Waals surface area (Å²) < 4.78 is 41.6. The molecule has 6 N–H and O–H groups in total. The van der Waals surface area contributed by atoms with Crippen LogP contribution in [0.4, 0.5) is 0 Å². The van der Waals surface area contributed by atoms with E-state index in [1.807, 2.05) is 0 Å². The van der Waals surface area contributed by atoms with Crippen molar-refractivity contribution in [1.29, 1.82) is 0 Å². The minimum Gasteiger partial charge on any atom is -0.462 e. The van der Waals surface area contributed by atoms with Crippen LogP contribution in [0.3, 0.4) is 0 Å². The lowest BCUT2D eigenvalue weighted by Crippen LogP contribution is -2.47. The zero-order chi connectivity index (χ0) is 48.9. The van der Waals surface area contributed by atoms with Gasteiger partial charge < -0.3 is 39.9 Å². The second-order valence-electron chi connectivity index (χ2n) is 17.4. The molecule has 2 unspecified atom stereocenters. The molecule has 0 heterocycles. The van der Waals surface area contributed by atoms with Crippen molar-refractivity contribution in [2.24, 2.45) is 0 Å². The number of carbonyl (C=O) groups is 2. The van der Waals surface area contributed by atoms with Crippen LogP contribution in [0.5, 0.6) is 0 Å². The first-order valence-corrected chi connectivity index (χ1v) is 27.1. The molecule has 0 spiro atoms. The van der Waals surface area contributed by atoms with Gasteiger partial charge in [0.1, 0.15) is 31.0 Å². The van der Waals surface area contributed by atoms with Crippen molar-refractivity contribution < 1.29 is 64.5 Å². The number of phosphoric acid groups is 1. The summed E-state index contributed by atoms with van der Waals surface area (Å²) in [4.78, 5) is 35.8. The molecule has 0 aliphatic carbocycles. The van der Waals surface area contributed by atoms with Crippen LogP contribution in [0.1, 0.15) is 221 Å².